The molecule has 1 N–H and O–H groups in total. The predicted molar refractivity (Wildman–Crippen MR) is 163 cm³/mol. The number of aldehydes is 3. The second kappa shape index (κ2) is 22.6. The molecule has 218 valence electrons. The third-order valence-corrected chi connectivity index (χ3v) is 5.08. The number of carbonyl (C=O) groups is 6. The van der Waals surface area contributed by atoms with Gasteiger partial charge in [-0.25, -0.2) is 14.4 Å². The maximum atomic E-state index is 10.7. The molecule has 0 amide bonds. The minimum Gasteiger partial charge on any atom is -0.478 e. The summed E-state index contributed by atoms with van der Waals surface area (Å²) in [6.45, 7) is 3.16. The fourth-order valence-electron chi connectivity index (χ4n) is 2.40. The lowest BCUT2D eigenvalue weighted by atomic mass is 10.1. The molecule has 9 nitrogen and oxygen atoms in total. The van der Waals surface area contributed by atoms with E-state index in [4.69, 9.17) is 5.11 Å². The van der Waals surface area contributed by atoms with Crippen molar-refractivity contribution in [2.24, 2.45) is 0 Å². The number of carboxylic acids is 1. The number of hydrogen-bond acceptors (Lipinski definition) is 8. The number of ether oxygens (including phenoxy) is 2. The normalized spacial score (nSPS) is 9.40. The van der Waals surface area contributed by atoms with Crippen molar-refractivity contribution in [3.05, 3.63) is 130 Å². The van der Waals surface area contributed by atoms with Gasteiger partial charge in [0.15, 0.2) is 0 Å². The summed E-state index contributed by atoms with van der Waals surface area (Å²) in [5, 5.41) is 8.33. The molecule has 0 unspecified atom stereocenters. The summed E-state index contributed by atoms with van der Waals surface area (Å²) in [6.07, 6.45) is 8.92. The largest absolute Gasteiger partial charge is 0.478 e. The zero-order valence-corrected chi connectivity index (χ0v) is 24.4. The monoisotopic (exact) mass is 636 g/mol. The van der Waals surface area contributed by atoms with Crippen LogP contribution >= 0.6 is 15.9 Å². The van der Waals surface area contributed by atoms with Gasteiger partial charge in [0.1, 0.15) is 18.9 Å². The number of rotatable bonds is 8. The second-order valence-electron chi connectivity index (χ2n) is 7.49. The first kappa shape index (κ1) is 36.8. The topological polar surface area (TPSA) is 141 Å². The van der Waals surface area contributed by atoms with Gasteiger partial charge in [-0.1, -0.05) is 83.2 Å². The summed E-state index contributed by atoms with van der Waals surface area (Å²) in [7, 11) is 2.63. The van der Waals surface area contributed by atoms with Crippen LogP contribution in [0.2, 0.25) is 0 Å². The van der Waals surface area contributed by atoms with Crippen molar-refractivity contribution in [3.63, 3.8) is 0 Å². The molecule has 0 atom stereocenters. The number of benzene rings is 3. The van der Waals surface area contributed by atoms with E-state index in [0.29, 0.717) is 16.7 Å². The van der Waals surface area contributed by atoms with Crippen LogP contribution in [0.5, 0.6) is 0 Å². The van der Waals surface area contributed by atoms with Crippen LogP contribution in [0, 0.1) is 0 Å². The van der Waals surface area contributed by atoms with E-state index in [1.54, 1.807) is 66.7 Å². The fraction of sp³-hybridized carbons (Fsp3) is 0.0625. The van der Waals surface area contributed by atoms with E-state index >= 15 is 0 Å². The van der Waals surface area contributed by atoms with Gasteiger partial charge in [0.2, 0.25) is 0 Å². The lowest BCUT2D eigenvalue weighted by Crippen LogP contribution is -1.93. The van der Waals surface area contributed by atoms with Crippen LogP contribution in [-0.2, 0) is 23.9 Å². The van der Waals surface area contributed by atoms with Gasteiger partial charge in [0, 0.05) is 39.4 Å². The summed E-state index contributed by atoms with van der Waals surface area (Å²) in [4.78, 5) is 61.4. The first-order chi connectivity index (χ1) is 20.1. The van der Waals surface area contributed by atoms with Crippen LogP contribution in [0.4, 0.5) is 0 Å². The molecule has 3 aromatic rings. The summed E-state index contributed by atoms with van der Waals surface area (Å²) in [5.41, 5.74) is 3.50. The Morgan fingerprint density at radius 3 is 1.24 bits per heavy atom. The fourth-order valence-corrected chi connectivity index (χ4v) is 2.66. The first-order valence-corrected chi connectivity index (χ1v) is 12.6. The summed E-state index contributed by atoms with van der Waals surface area (Å²) in [5.74, 6) is -1.78. The third-order valence-electron chi connectivity index (χ3n) is 4.55. The maximum absolute atomic E-state index is 10.7. The summed E-state index contributed by atoms with van der Waals surface area (Å²) >= 11 is 3.26. The quantitative estimate of drug-likeness (QED) is 0.182. The highest BCUT2D eigenvalue weighted by Gasteiger charge is 1.93. The van der Waals surface area contributed by atoms with Crippen LogP contribution in [0.1, 0.15) is 42.2 Å². The zero-order valence-electron chi connectivity index (χ0n) is 22.8. The lowest BCUT2D eigenvalue weighted by molar-refractivity contribution is -0.135. The van der Waals surface area contributed by atoms with Crippen molar-refractivity contribution in [3.8, 4) is 0 Å². The molecule has 0 aliphatic heterocycles. The van der Waals surface area contributed by atoms with Crippen LogP contribution in [-0.4, -0.2) is 56.1 Å². The number of halogens is 1. The number of carboxylic acid groups (broad SMARTS) is 1. The number of carbonyl (C=O) groups excluding carboxylic acids is 5. The molecular formula is C32H29BrO9. The summed E-state index contributed by atoms with van der Waals surface area (Å²) in [6, 6.07) is 20.7. The van der Waals surface area contributed by atoms with E-state index in [9.17, 15) is 28.8 Å². The average molecular weight is 637 g/mol. The van der Waals surface area contributed by atoms with E-state index in [-0.39, 0.29) is 0 Å². The van der Waals surface area contributed by atoms with Gasteiger partial charge >= 0.3 is 17.9 Å². The number of hydrogen-bond donors (Lipinski definition) is 1. The van der Waals surface area contributed by atoms with Crippen molar-refractivity contribution in [2.45, 2.75) is 0 Å². The Kier molecular flexibility index (Phi) is 19.8. The molecule has 42 heavy (non-hydrogen) atoms. The van der Waals surface area contributed by atoms with E-state index < -0.39 is 17.9 Å². The van der Waals surface area contributed by atoms with Crippen molar-refractivity contribution >= 4 is 64.8 Å². The number of aliphatic carboxylic acids is 1. The van der Waals surface area contributed by atoms with Crippen molar-refractivity contribution < 1.29 is 43.3 Å². The molecular weight excluding hydrogens is 608 g/mol. The van der Waals surface area contributed by atoms with Gasteiger partial charge in [-0.05, 0) is 35.4 Å². The van der Waals surface area contributed by atoms with Gasteiger partial charge in [0.25, 0.3) is 0 Å². The number of methoxy groups -OCH3 is 2. The highest BCUT2D eigenvalue weighted by Crippen LogP contribution is 2.08. The Bertz CT molecular complexity index is 1360. The van der Waals surface area contributed by atoms with Gasteiger partial charge in [-0.2, -0.15) is 0 Å². The molecule has 0 saturated carbocycles. The standard InChI is InChI=1S/C11H10O3.C10H8O3.C7H5BrO.C4H6O2/c1-14-11(13)7-6-9-2-4-10(8-12)5-3-9;11-7-9-3-1-8(2-4-9)5-6-10(12)13;8-7-3-1-6(5-9)2-4-7;1-3-4(5)6-2/h2-8H,1H3;1-7H,(H,12,13);1-5H;3H,1H2,2H3/b;6-5+;;. The van der Waals surface area contributed by atoms with Crippen LogP contribution in [0.3, 0.4) is 0 Å². The Labute approximate surface area is 251 Å². The van der Waals surface area contributed by atoms with E-state index in [0.717, 1.165) is 46.6 Å². The lowest BCUT2D eigenvalue weighted by Gasteiger charge is -1.93. The van der Waals surface area contributed by atoms with Gasteiger partial charge < -0.3 is 14.6 Å². The highest BCUT2D eigenvalue weighted by atomic mass is 79.9. The zero-order chi connectivity index (χ0) is 31.8. The molecule has 10 heteroatoms. The van der Waals surface area contributed by atoms with E-state index in [1.807, 2.05) is 12.1 Å². The SMILES string of the molecule is C=CC(=O)OC.COC(=O)C=Cc1ccc(C=O)cc1.O=Cc1ccc(/C=C/C(=O)O)cc1.O=Cc1ccc(Br)cc1. The van der Waals surface area contributed by atoms with Crippen molar-refractivity contribution in [2.75, 3.05) is 14.2 Å². The Morgan fingerprint density at radius 2 is 0.952 bits per heavy atom. The van der Waals surface area contributed by atoms with Crippen molar-refractivity contribution in [1.82, 2.24) is 0 Å². The second-order valence-corrected chi connectivity index (χ2v) is 8.41. The van der Waals surface area contributed by atoms with Crippen LogP contribution in [0.15, 0.2) is 102 Å². The molecule has 0 spiro atoms. The maximum Gasteiger partial charge on any atom is 0.330 e. The first-order valence-electron chi connectivity index (χ1n) is 11.8. The third kappa shape index (κ3) is 18.1. The van der Waals surface area contributed by atoms with Crippen LogP contribution in [0.25, 0.3) is 12.2 Å². The minimum atomic E-state index is -0.987. The predicted octanol–water partition coefficient (Wildman–Crippen LogP) is 5.89. The summed E-state index contributed by atoms with van der Waals surface area (Å²) < 4.78 is 9.57. The molecule has 3 aromatic carbocycles. The minimum absolute atomic E-state index is 0.394. The molecule has 0 radical (unpaired) electrons. The molecule has 0 aromatic heterocycles. The molecule has 0 heterocycles. The van der Waals surface area contributed by atoms with Crippen molar-refractivity contribution in [1.29, 1.82) is 0 Å². The van der Waals surface area contributed by atoms with Gasteiger partial charge in [-0.3, -0.25) is 14.4 Å². The molecule has 0 saturated heterocycles. The van der Waals surface area contributed by atoms with Gasteiger partial charge in [0.05, 0.1) is 14.2 Å². The Morgan fingerprint density at radius 1 is 0.619 bits per heavy atom. The number of esters is 2. The Balaban J connectivity index is 0.000000558. The molecule has 0 bridgehead atoms. The molecule has 3 rings (SSSR count). The average Bonchev–Trinajstić information content (AvgIpc) is 3.03. The van der Waals surface area contributed by atoms with Crippen LogP contribution < -0.4 is 0 Å². The molecule has 0 aliphatic rings. The Hall–Kier alpha value is -5.22. The van der Waals surface area contributed by atoms with Gasteiger partial charge in [-0.15, -0.1) is 0 Å². The molecule has 0 fully saturated rings. The smallest absolute Gasteiger partial charge is 0.330 e. The van der Waals surface area contributed by atoms with E-state index in [2.05, 4.69) is 32.0 Å². The van der Waals surface area contributed by atoms with E-state index in [1.165, 1.54) is 26.4 Å². The molecule has 0 aliphatic carbocycles. The highest BCUT2D eigenvalue weighted by molar-refractivity contribution is 9.10.